The van der Waals surface area contributed by atoms with Gasteiger partial charge in [0.15, 0.2) is 5.82 Å². The van der Waals surface area contributed by atoms with Crippen LogP contribution in [0.4, 0.5) is 47.9 Å². The van der Waals surface area contributed by atoms with Crippen LogP contribution in [-0.4, -0.2) is 93.5 Å². The molecule has 0 aliphatic carbocycles. The van der Waals surface area contributed by atoms with Crippen LogP contribution < -0.4 is 15.5 Å². The number of carbonyl (C=O) groups is 3. The number of carboxylic acid groups (broad SMARTS) is 2. The van der Waals surface area contributed by atoms with E-state index in [4.69, 9.17) is 19.8 Å². The van der Waals surface area contributed by atoms with E-state index in [1.54, 1.807) is 23.5 Å². The number of hydrogen-bond acceptors (Lipinski definition) is 8. The van der Waals surface area contributed by atoms with Crippen LogP contribution in [0.1, 0.15) is 50.9 Å². The van der Waals surface area contributed by atoms with Crippen molar-refractivity contribution < 1.29 is 55.3 Å². The fourth-order valence-corrected chi connectivity index (χ4v) is 4.84. The second-order valence-corrected chi connectivity index (χ2v) is 11.2. The molecule has 0 saturated carbocycles. The number of halogens is 7. The van der Waals surface area contributed by atoms with Crippen molar-refractivity contribution in [3.05, 3.63) is 42.1 Å². The number of anilines is 3. The highest BCUT2D eigenvalue weighted by molar-refractivity contribution is 6.01. The van der Waals surface area contributed by atoms with Crippen LogP contribution in [-0.2, 0) is 9.59 Å². The van der Waals surface area contributed by atoms with E-state index in [2.05, 4.69) is 25.5 Å². The first-order chi connectivity index (χ1) is 21.2. The molecule has 2 fully saturated rings. The van der Waals surface area contributed by atoms with Gasteiger partial charge in [0.1, 0.15) is 17.8 Å². The number of carboxylic acids is 2. The SMILES string of the molecule is CC(C)N(C(=O)c1cc(F)ccc1Nc1cncnc1N1CCC2(CC1)CNC2)C(C)C.O=C(O)C(F)(F)F.O=C(O)C(F)(F)F. The molecule has 1 aromatic heterocycles. The van der Waals surface area contributed by atoms with Crippen LogP contribution in [0.15, 0.2) is 30.7 Å². The normalized spacial score (nSPS) is 15.6. The number of piperidine rings is 1. The molecule has 0 atom stereocenters. The Morgan fingerprint density at radius 2 is 1.43 bits per heavy atom. The van der Waals surface area contributed by atoms with Gasteiger partial charge in [-0.3, -0.25) is 4.79 Å². The molecule has 1 spiro atoms. The number of nitrogens with one attached hydrogen (secondary N) is 2. The largest absolute Gasteiger partial charge is 0.490 e. The maximum atomic E-state index is 14.2. The predicted molar refractivity (Wildman–Crippen MR) is 152 cm³/mol. The Balaban J connectivity index is 0.000000440. The van der Waals surface area contributed by atoms with E-state index in [-0.39, 0.29) is 18.0 Å². The molecule has 2 aliphatic rings. The maximum Gasteiger partial charge on any atom is 0.490 e. The minimum absolute atomic E-state index is 0.00379. The van der Waals surface area contributed by atoms with Gasteiger partial charge in [-0.05, 0) is 64.2 Å². The molecular weight excluding hydrogens is 633 g/mol. The lowest BCUT2D eigenvalue weighted by Gasteiger charge is -2.48. The Hall–Kier alpha value is -4.22. The van der Waals surface area contributed by atoms with Gasteiger partial charge in [-0.15, -0.1) is 0 Å². The number of amides is 1. The first-order valence-corrected chi connectivity index (χ1v) is 13.9. The van der Waals surface area contributed by atoms with Crippen molar-refractivity contribution >= 4 is 35.0 Å². The quantitative estimate of drug-likeness (QED) is 0.308. The zero-order valence-corrected chi connectivity index (χ0v) is 25.3. The average Bonchev–Trinajstić information content (AvgIpc) is 2.93. The van der Waals surface area contributed by atoms with Crippen molar-refractivity contribution in [3.8, 4) is 0 Å². The van der Waals surface area contributed by atoms with Gasteiger partial charge in [0.25, 0.3) is 5.91 Å². The van der Waals surface area contributed by atoms with E-state index >= 15 is 0 Å². The molecule has 2 aromatic rings. The van der Waals surface area contributed by atoms with Gasteiger partial charge >= 0.3 is 24.3 Å². The summed E-state index contributed by atoms with van der Waals surface area (Å²) in [5.41, 5.74) is 2.01. The Morgan fingerprint density at radius 1 is 0.935 bits per heavy atom. The summed E-state index contributed by atoms with van der Waals surface area (Å²) in [4.78, 5) is 43.9. The number of carbonyl (C=O) groups excluding carboxylic acids is 1. The molecule has 0 unspecified atom stereocenters. The summed E-state index contributed by atoms with van der Waals surface area (Å²) in [6, 6.07) is 4.28. The van der Waals surface area contributed by atoms with E-state index in [1.807, 2.05) is 27.7 Å². The number of benzene rings is 1. The molecule has 46 heavy (non-hydrogen) atoms. The molecule has 2 saturated heterocycles. The minimum Gasteiger partial charge on any atom is -0.475 e. The van der Waals surface area contributed by atoms with Crippen molar-refractivity contribution in [2.24, 2.45) is 5.41 Å². The average molecular weight is 669 g/mol. The van der Waals surface area contributed by atoms with E-state index in [0.29, 0.717) is 16.7 Å². The van der Waals surface area contributed by atoms with Gasteiger partial charge in [-0.2, -0.15) is 26.3 Å². The summed E-state index contributed by atoms with van der Waals surface area (Å²) >= 11 is 0. The van der Waals surface area contributed by atoms with Gasteiger partial charge in [0.05, 0.1) is 17.4 Å². The molecule has 256 valence electrons. The summed E-state index contributed by atoms with van der Waals surface area (Å²) in [7, 11) is 0. The van der Waals surface area contributed by atoms with Crippen molar-refractivity contribution in [1.82, 2.24) is 20.2 Å². The number of aliphatic carboxylic acids is 2. The third-order valence-electron chi connectivity index (χ3n) is 7.13. The van der Waals surface area contributed by atoms with Gasteiger partial charge in [0, 0.05) is 38.3 Å². The zero-order valence-electron chi connectivity index (χ0n) is 25.3. The molecule has 0 radical (unpaired) electrons. The van der Waals surface area contributed by atoms with E-state index in [0.717, 1.165) is 50.5 Å². The maximum absolute atomic E-state index is 14.2. The van der Waals surface area contributed by atoms with Gasteiger partial charge in [-0.25, -0.2) is 23.9 Å². The zero-order chi connectivity index (χ0) is 35.0. The molecule has 0 bridgehead atoms. The van der Waals surface area contributed by atoms with E-state index < -0.39 is 30.1 Å². The van der Waals surface area contributed by atoms with Gasteiger partial charge in [-0.1, -0.05) is 0 Å². The minimum atomic E-state index is -5.08. The molecular formula is C28H35F7N6O5. The van der Waals surface area contributed by atoms with Crippen molar-refractivity contribution in [1.29, 1.82) is 0 Å². The molecule has 18 heteroatoms. The Kier molecular flexibility index (Phi) is 12.7. The highest BCUT2D eigenvalue weighted by Gasteiger charge is 2.40. The number of hydrogen-bond donors (Lipinski definition) is 4. The molecule has 1 aromatic carbocycles. The van der Waals surface area contributed by atoms with Crippen molar-refractivity contribution in [2.45, 2.75) is 65.0 Å². The van der Waals surface area contributed by atoms with E-state index in [9.17, 15) is 35.5 Å². The molecule has 4 N–H and O–H groups in total. The lowest BCUT2D eigenvalue weighted by atomic mass is 9.73. The van der Waals surface area contributed by atoms with Crippen LogP contribution in [0.3, 0.4) is 0 Å². The summed E-state index contributed by atoms with van der Waals surface area (Å²) in [5, 5.41) is 21.0. The summed E-state index contributed by atoms with van der Waals surface area (Å²) in [6.07, 6.45) is -4.65. The molecule has 4 rings (SSSR count). The first-order valence-electron chi connectivity index (χ1n) is 13.9. The van der Waals surface area contributed by atoms with Crippen molar-refractivity contribution in [2.75, 3.05) is 36.4 Å². The highest BCUT2D eigenvalue weighted by atomic mass is 19.4. The number of rotatable bonds is 6. The first kappa shape index (κ1) is 38.0. The third-order valence-corrected chi connectivity index (χ3v) is 7.13. The third kappa shape index (κ3) is 10.4. The Morgan fingerprint density at radius 3 is 1.85 bits per heavy atom. The lowest BCUT2D eigenvalue weighted by Crippen LogP contribution is -2.58. The molecule has 1 amide bonds. The standard InChI is InChI=1S/C24H33FN6O.2C2HF3O2/c1-16(2)31(17(3)4)23(32)19-11-18(25)5-6-20(19)29-21-12-26-15-28-22(21)30-9-7-24(8-10-30)13-27-14-24;2*3-2(4,5)1(6)7/h5-6,11-12,15-17,27,29H,7-10,13-14H2,1-4H3;2*(H,6,7). The van der Waals surface area contributed by atoms with Crippen LogP contribution >= 0.6 is 0 Å². The van der Waals surface area contributed by atoms with Crippen LogP contribution in [0.25, 0.3) is 0 Å². The topological polar surface area (TPSA) is 148 Å². The van der Waals surface area contributed by atoms with Crippen LogP contribution in [0, 0.1) is 11.2 Å². The number of nitrogens with zero attached hydrogens (tertiary/aromatic N) is 4. The fourth-order valence-electron chi connectivity index (χ4n) is 4.84. The second-order valence-electron chi connectivity index (χ2n) is 11.2. The monoisotopic (exact) mass is 668 g/mol. The highest BCUT2D eigenvalue weighted by Crippen LogP contribution is 2.38. The Labute approximate surface area is 259 Å². The van der Waals surface area contributed by atoms with E-state index in [1.165, 1.54) is 12.1 Å². The summed E-state index contributed by atoms with van der Waals surface area (Å²) < 4.78 is 77.6. The number of aromatic nitrogens is 2. The second kappa shape index (κ2) is 15.4. The number of alkyl halides is 6. The molecule has 3 heterocycles. The summed E-state index contributed by atoms with van der Waals surface area (Å²) in [5.74, 6) is -5.34. The van der Waals surface area contributed by atoms with Gasteiger partial charge < -0.3 is 30.6 Å². The molecule has 2 aliphatic heterocycles. The van der Waals surface area contributed by atoms with Crippen molar-refractivity contribution in [3.63, 3.8) is 0 Å². The van der Waals surface area contributed by atoms with Crippen LogP contribution in [0.5, 0.6) is 0 Å². The van der Waals surface area contributed by atoms with Gasteiger partial charge in [0.2, 0.25) is 0 Å². The lowest BCUT2D eigenvalue weighted by molar-refractivity contribution is -0.193. The molecule has 11 nitrogen and oxygen atoms in total. The summed E-state index contributed by atoms with van der Waals surface area (Å²) in [6.45, 7) is 11.9. The fraction of sp³-hybridized carbons (Fsp3) is 0.536. The smallest absolute Gasteiger partial charge is 0.475 e. The van der Waals surface area contributed by atoms with Crippen LogP contribution in [0.2, 0.25) is 0 Å². The predicted octanol–water partition coefficient (Wildman–Crippen LogP) is 5.07. The Bertz CT molecular complexity index is 1320.